The van der Waals surface area contributed by atoms with Crippen molar-refractivity contribution < 1.29 is 18.8 Å². The van der Waals surface area contributed by atoms with Crippen LogP contribution in [0, 0.1) is 12.8 Å². The zero-order valence-corrected chi connectivity index (χ0v) is 20.6. The van der Waals surface area contributed by atoms with Crippen LogP contribution in [-0.2, 0) is 14.3 Å². The van der Waals surface area contributed by atoms with E-state index in [1.54, 1.807) is 6.20 Å². The molecule has 3 aromatic rings. The van der Waals surface area contributed by atoms with Crippen molar-refractivity contribution in [3.05, 3.63) is 48.2 Å². The summed E-state index contributed by atoms with van der Waals surface area (Å²) in [5.74, 6) is 1.66. The molecule has 0 radical (unpaired) electrons. The van der Waals surface area contributed by atoms with Gasteiger partial charge in [-0.2, -0.15) is 4.98 Å². The van der Waals surface area contributed by atoms with Crippen LogP contribution in [0.5, 0.6) is 0 Å². The normalized spacial score (nSPS) is 20.2. The third-order valence-electron chi connectivity index (χ3n) is 7.51. The number of benzene rings is 1. The largest absolute Gasteiger partial charge is 0.356 e. The van der Waals surface area contributed by atoms with Gasteiger partial charge >= 0.3 is 0 Å². The van der Waals surface area contributed by atoms with Crippen molar-refractivity contribution in [1.82, 2.24) is 20.0 Å². The van der Waals surface area contributed by atoms with Crippen LogP contribution in [0.1, 0.15) is 31.2 Å². The lowest BCUT2D eigenvalue weighted by Crippen LogP contribution is -2.50. The Bertz CT molecular complexity index is 1220. The molecule has 0 unspecified atom stereocenters. The van der Waals surface area contributed by atoms with E-state index in [4.69, 9.17) is 14.0 Å². The quantitative estimate of drug-likeness (QED) is 0.548. The lowest BCUT2D eigenvalue weighted by molar-refractivity contribution is -0.188. The Kier molecular flexibility index (Phi) is 6.18. The van der Waals surface area contributed by atoms with Crippen LogP contribution in [-0.4, -0.2) is 71.1 Å². The molecule has 1 aromatic carbocycles. The molecule has 0 saturated carbocycles. The van der Waals surface area contributed by atoms with E-state index in [1.165, 1.54) is 0 Å². The van der Waals surface area contributed by atoms with Crippen LogP contribution in [0.15, 0.2) is 47.1 Å². The predicted molar refractivity (Wildman–Crippen MR) is 133 cm³/mol. The molecular weight excluding hydrogens is 458 g/mol. The number of ether oxygens (including phenoxy) is 2. The van der Waals surface area contributed by atoms with E-state index < -0.39 is 5.79 Å². The van der Waals surface area contributed by atoms with Gasteiger partial charge in [-0.05, 0) is 38.0 Å². The van der Waals surface area contributed by atoms with Crippen LogP contribution in [0.2, 0.25) is 0 Å². The predicted octanol–water partition coefficient (Wildman–Crippen LogP) is 3.69. The van der Waals surface area contributed by atoms with Gasteiger partial charge in [-0.25, -0.2) is 4.98 Å². The summed E-state index contributed by atoms with van der Waals surface area (Å²) in [6.07, 6.45) is 4.88. The second-order valence-corrected chi connectivity index (χ2v) is 9.86. The number of hydrogen-bond donors (Lipinski definition) is 0. The second-order valence-electron chi connectivity index (χ2n) is 9.86. The fourth-order valence-electron chi connectivity index (χ4n) is 5.50. The van der Waals surface area contributed by atoms with Crippen molar-refractivity contribution >= 4 is 11.7 Å². The van der Waals surface area contributed by atoms with Crippen molar-refractivity contribution in [2.45, 2.75) is 38.4 Å². The first-order valence-corrected chi connectivity index (χ1v) is 12.8. The number of pyridine rings is 1. The number of hydrogen-bond acceptors (Lipinski definition) is 8. The maximum absolute atomic E-state index is 13.2. The van der Waals surface area contributed by atoms with E-state index >= 15 is 0 Å². The Morgan fingerprint density at radius 1 is 1.03 bits per heavy atom. The third kappa shape index (κ3) is 4.49. The smallest absolute Gasteiger partial charge is 0.261 e. The van der Waals surface area contributed by atoms with Crippen molar-refractivity contribution in [3.8, 4) is 22.8 Å². The summed E-state index contributed by atoms with van der Waals surface area (Å²) in [6, 6.07) is 11.9. The maximum atomic E-state index is 13.2. The van der Waals surface area contributed by atoms with Gasteiger partial charge in [-0.15, -0.1) is 0 Å². The summed E-state index contributed by atoms with van der Waals surface area (Å²) in [5, 5.41) is 4.20. The minimum Gasteiger partial charge on any atom is -0.356 e. The highest BCUT2D eigenvalue weighted by molar-refractivity contribution is 5.79. The molecule has 0 atom stereocenters. The first kappa shape index (κ1) is 23.1. The highest BCUT2D eigenvalue weighted by atomic mass is 16.7. The van der Waals surface area contributed by atoms with Crippen LogP contribution in [0.4, 0.5) is 5.82 Å². The van der Waals surface area contributed by atoms with E-state index in [9.17, 15) is 4.79 Å². The Morgan fingerprint density at radius 3 is 2.56 bits per heavy atom. The van der Waals surface area contributed by atoms with Crippen LogP contribution in [0.25, 0.3) is 22.8 Å². The van der Waals surface area contributed by atoms with Crippen LogP contribution >= 0.6 is 0 Å². The minimum absolute atomic E-state index is 0.0317. The summed E-state index contributed by atoms with van der Waals surface area (Å²) >= 11 is 0. The van der Waals surface area contributed by atoms with Gasteiger partial charge in [0.25, 0.3) is 5.89 Å². The highest BCUT2D eigenvalue weighted by Crippen LogP contribution is 2.34. The van der Waals surface area contributed by atoms with Gasteiger partial charge in [-0.1, -0.05) is 28.9 Å². The molecule has 9 heteroatoms. The molecule has 0 aliphatic carbocycles. The molecule has 0 bridgehead atoms. The van der Waals surface area contributed by atoms with Gasteiger partial charge in [0.1, 0.15) is 5.82 Å². The molecule has 2 aromatic heterocycles. The molecule has 3 aliphatic rings. The van der Waals surface area contributed by atoms with Gasteiger partial charge in [-0.3, -0.25) is 4.79 Å². The van der Waals surface area contributed by atoms with Gasteiger partial charge < -0.3 is 23.8 Å². The fourth-order valence-corrected chi connectivity index (χ4v) is 5.50. The highest BCUT2D eigenvalue weighted by Gasteiger charge is 2.42. The molecule has 9 nitrogen and oxygen atoms in total. The Labute approximate surface area is 210 Å². The minimum atomic E-state index is -0.455. The molecule has 3 aliphatic heterocycles. The summed E-state index contributed by atoms with van der Waals surface area (Å²) < 4.78 is 17.3. The van der Waals surface area contributed by atoms with Crippen molar-refractivity contribution in [2.24, 2.45) is 5.92 Å². The average Bonchev–Trinajstić information content (AvgIpc) is 3.60. The third-order valence-corrected chi connectivity index (χ3v) is 7.51. The summed E-state index contributed by atoms with van der Waals surface area (Å²) in [6.45, 7) is 6.25. The van der Waals surface area contributed by atoms with E-state index in [2.05, 4.69) is 20.0 Å². The lowest BCUT2D eigenvalue weighted by atomic mass is 9.93. The van der Waals surface area contributed by atoms with Crippen LogP contribution < -0.4 is 4.90 Å². The van der Waals surface area contributed by atoms with Crippen molar-refractivity contribution in [1.29, 1.82) is 0 Å². The summed E-state index contributed by atoms with van der Waals surface area (Å²) in [7, 11) is 0. The van der Waals surface area contributed by atoms with Crippen molar-refractivity contribution in [3.63, 3.8) is 0 Å². The van der Waals surface area contributed by atoms with Crippen LogP contribution in [0.3, 0.4) is 0 Å². The second kappa shape index (κ2) is 9.63. The molecule has 6 rings (SSSR count). The number of aryl methyl sites for hydroxylation is 1. The molecule has 3 fully saturated rings. The van der Waals surface area contributed by atoms with Gasteiger partial charge in [0, 0.05) is 56.7 Å². The summed E-state index contributed by atoms with van der Waals surface area (Å²) in [5.41, 5.74) is 2.87. The molecule has 0 N–H and O–H groups in total. The number of aromatic nitrogens is 3. The number of likely N-dealkylation sites (tertiary alicyclic amines) is 1. The van der Waals surface area contributed by atoms with Crippen molar-refractivity contribution in [2.75, 3.05) is 44.3 Å². The zero-order chi connectivity index (χ0) is 24.5. The number of carbonyl (C=O) groups is 1. The van der Waals surface area contributed by atoms with E-state index in [-0.39, 0.29) is 11.8 Å². The fraction of sp³-hybridized carbons (Fsp3) is 0.481. The average molecular weight is 490 g/mol. The number of piperidine rings is 2. The molecule has 1 amide bonds. The SMILES string of the molecule is Cc1cccc(-c2noc(-c3cccnc3N3CCC(C(=O)N4CCC5(CC4)OCCO5)CC3)n2)c1. The zero-order valence-electron chi connectivity index (χ0n) is 20.6. The molecule has 188 valence electrons. The molecule has 3 saturated heterocycles. The number of nitrogens with zero attached hydrogens (tertiary/aromatic N) is 5. The summed E-state index contributed by atoms with van der Waals surface area (Å²) in [4.78, 5) is 26.8. The molecular formula is C27H31N5O4. The number of carbonyl (C=O) groups excluding carboxylic acids is 1. The van der Waals surface area contributed by atoms with Gasteiger partial charge in [0.2, 0.25) is 11.7 Å². The molecule has 5 heterocycles. The van der Waals surface area contributed by atoms with E-state index in [1.807, 2.05) is 48.2 Å². The van der Waals surface area contributed by atoms with Gasteiger partial charge in [0.05, 0.1) is 18.8 Å². The van der Waals surface area contributed by atoms with Gasteiger partial charge in [0.15, 0.2) is 5.79 Å². The van der Waals surface area contributed by atoms with E-state index in [0.717, 1.165) is 61.3 Å². The Hall–Kier alpha value is -3.30. The number of amides is 1. The van der Waals surface area contributed by atoms with E-state index in [0.29, 0.717) is 38.0 Å². The topological polar surface area (TPSA) is 93.8 Å². The molecule has 36 heavy (non-hydrogen) atoms. The lowest BCUT2D eigenvalue weighted by Gasteiger charge is -2.40. The number of rotatable bonds is 4. The Balaban J connectivity index is 1.11. The number of anilines is 1. The first-order valence-electron chi connectivity index (χ1n) is 12.8. The first-order chi connectivity index (χ1) is 17.6. The maximum Gasteiger partial charge on any atom is 0.261 e. The molecule has 1 spiro atoms. The Morgan fingerprint density at radius 2 is 1.81 bits per heavy atom. The standard InChI is InChI=1S/C27H31N5O4/c1-19-4-2-5-21(18-19)23-29-25(36-30-23)22-6-3-11-28-24(22)31-12-7-20(8-13-31)26(33)32-14-9-27(10-15-32)34-16-17-35-27/h2-6,11,18,20H,7-10,12-17H2,1H3. The monoisotopic (exact) mass is 489 g/mol.